The van der Waals surface area contributed by atoms with Crippen LogP contribution in [-0.2, 0) is 4.74 Å². The van der Waals surface area contributed by atoms with Gasteiger partial charge in [0.25, 0.3) is 0 Å². The Hall–Kier alpha value is -2.93. The van der Waals surface area contributed by atoms with Gasteiger partial charge < -0.3 is 26.4 Å². The molecule has 31 heavy (non-hydrogen) atoms. The highest BCUT2D eigenvalue weighted by Crippen LogP contribution is 2.25. The van der Waals surface area contributed by atoms with Crippen molar-refractivity contribution in [3.05, 3.63) is 64.5 Å². The minimum atomic E-state index is -0.532. The molecule has 1 amide bonds. The number of nitrogens with zero attached hydrogens (tertiary/aromatic N) is 2. The molecule has 7 nitrogen and oxygen atoms in total. The fourth-order valence-electron chi connectivity index (χ4n) is 3.48. The van der Waals surface area contributed by atoms with E-state index in [4.69, 9.17) is 32.8 Å². The van der Waals surface area contributed by atoms with E-state index in [9.17, 15) is 4.79 Å². The topological polar surface area (TPSA) is 106 Å². The summed E-state index contributed by atoms with van der Waals surface area (Å²) in [5.74, 6) is 0.375. The number of benzene rings is 1. The van der Waals surface area contributed by atoms with E-state index in [1.54, 1.807) is 29.4 Å². The van der Waals surface area contributed by atoms with E-state index in [2.05, 4.69) is 5.32 Å². The first-order valence-corrected chi connectivity index (χ1v) is 10.7. The van der Waals surface area contributed by atoms with Crippen LogP contribution in [0.25, 0.3) is 5.70 Å². The summed E-state index contributed by atoms with van der Waals surface area (Å²) in [7, 11) is 0. The average molecular weight is 444 g/mol. The van der Waals surface area contributed by atoms with Crippen LogP contribution in [0.2, 0.25) is 5.02 Å². The Balaban J connectivity index is 1.79. The number of allylic oxidation sites excluding steroid dienone is 1. The van der Waals surface area contributed by atoms with Crippen molar-refractivity contribution in [1.29, 1.82) is 0 Å². The van der Waals surface area contributed by atoms with Crippen molar-refractivity contribution in [2.75, 3.05) is 13.1 Å². The quantitative estimate of drug-likeness (QED) is 0.487. The van der Waals surface area contributed by atoms with E-state index in [1.165, 1.54) is 0 Å². The second-order valence-electron chi connectivity index (χ2n) is 8.63. The molecule has 1 saturated heterocycles. The maximum absolute atomic E-state index is 12.4. The lowest BCUT2D eigenvalue weighted by molar-refractivity contribution is 0.0201. The van der Waals surface area contributed by atoms with E-state index in [1.807, 2.05) is 39.0 Å². The molecule has 2 aliphatic rings. The van der Waals surface area contributed by atoms with Crippen LogP contribution in [0.4, 0.5) is 4.79 Å². The molecule has 0 bridgehead atoms. The minimum absolute atomic E-state index is 0.105. The third-order valence-electron chi connectivity index (χ3n) is 4.96. The first-order chi connectivity index (χ1) is 14.6. The Morgan fingerprint density at radius 1 is 1.26 bits per heavy atom. The van der Waals surface area contributed by atoms with Crippen LogP contribution in [0, 0.1) is 0 Å². The van der Waals surface area contributed by atoms with Crippen molar-refractivity contribution < 1.29 is 9.53 Å². The number of dihydropyridines is 1. The zero-order valence-corrected chi connectivity index (χ0v) is 18.9. The van der Waals surface area contributed by atoms with Gasteiger partial charge in [-0.05, 0) is 57.4 Å². The van der Waals surface area contributed by atoms with E-state index in [0.717, 1.165) is 24.0 Å². The molecular formula is C23H30ClN5O2. The number of nitrogens with two attached hydrogens (primary N) is 2. The molecule has 1 fully saturated rings. The average Bonchev–Trinajstić information content (AvgIpc) is 2.73. The highest BCUT2D eigenvalue weighted by molar-refractivity contribution is 6.30. The van der Waals surface area contributed by atoms with Crippen molar-refractivity contribution in [2.45, 2.75) is 45.3 Å². The molecule has 1 unspecified atom stereocenters. The predicted octanol–water partition coefficient (Wildman–Crippen LogP) is 3.77. The molecule has 0 aromatic heterocycles. The number of amidine groups is 1. The van der Waals surface area contributed by atoms with Gasteiger partial charge in [-0.25, -0.2) is 4.79 Å². The van der Waals surface area contributed by atoms with Crippen LogP contribution in [0.1, 0.15) is 39.2 Å². The van der Waals surface area contributed by atoms with Crippen LogP contribution >= 0.6 is 11.6 Å². The van der Waals surface area contributed by atoms with Gasteiger partial charge in [-0.3, -0.25) is 4.99 Å². The number of nitrogens with one attached hydrogen (secondary N) is 1. The maximum Gasteiger partial charge on any atom is 0.410 e. The molecule has 1 atom stereocenters. The van der Waals surface area contributed by atoms with Crippen LogP contribution in [0.15, 0.2) is 58.9 Å². The number of piperidine rings is 1. The lowest BCUT2D eigenvalue weighted by atomic mass is 9.97. The summed E-state index contributed by atoms with van der Waals surface area (Å²) in [4.78, 5) is 18.8. The Morgan fingerprint density at radius 3 is 2.65 bits per heavy atom. The summed E-state index contributed by atoms with van der Waals surface area (Å²) in [5.41, 5.74) is 15.2. The van der Waals surface area contributed by atoms with Crippen molar-refractivity contribution >= 4 is 29.2 Å². The molecular weight excluding hydrogens is 414 g/mol. The van der Waals surface area contributed by atoms with Gasteiger partial charge in [-0.15, -0.1) is 0 Å². The number of amides is 1. The standard InChI is InChI=1S/C23H30ClN5O2/c1-23(2,3)31-22(30)29-12-4-5-17(14-29)28-21(26)19-13-27-11-10-18(19)20(25)15-6-8-16(24)9-7-15/h6-11,13,17,27H,4-5,12,14,25H2,1-3H3,(H2,26,28)/b20-18-. The first kappa shape index (κ1) is 22.7. The summed E-state index contributed by atoms with van der Waals surface area (Å²) in [6.45, 7) is 6.70. The first-order valence-electron chi connectivity index (χ1n) is 10.3. The molecule has 2 heterocycles. The lowest BCUT2D eigenvalue weighted by Gasteiger charge is -2.33. The molecule has 1 aromatic carbocycles. The van der Waals surface area contributed by atoms with E-state index < -0.39 is 5.60 Å². The van der Waals surface area contributed by atoms with Gasteiger partial charge in [0, 0.05) is 47.4 Å². The summed E-state index contributed by atoms with van der Waals surface area (Å²) in [6, 6.07) is 7.22. The van der Waals surface area contributed by atoms with Crippen molar-refractivity contribution in [3.8, 4) is 0 Å². The van der Waals surface area contributed by atoms with Gasteiger partial charge >= 0.3 is 6.09 Å². The van der Waals surface area contributed by atoms with Crippen LogP contribution in [0.3, 0.4) is 0 Å². The molecule has 8 heteroatoms. The van der Waals surface area contributed by atoms with Crippen LogP contribution in [0.5, 0.6) is 0 Å². The molecule has 0 spiro atoms. The Kier molecular flexibility index (Phi) is 6.95. The molecule has 1 aromatic rings. The van der Waals surface area contributed by atoms with Gasteiger partial charge in [0.05, 0.1) is 6.04 Å². The minimum Gasteiger partial charge on any atom is -0.444 e. The number of rotatable bonds is 3. The van der Waals surface area contributed by atoms with Crippen LogP contribution < -0.4 is 16.8 Å². The highest BCUT2D eigenvalue weighted by atomic mass is 35.5. The van der Waals surface area contributed by atoms with Crippen molar-refractivity contribution in [3.63, 3.8) is 0 Å². The van der Waals surface area contributed by atoms with Crippen molar-refractivity contribution in [2.24, 2.45) is 16.5 Å². The maximum atomic E-state index is 12.4. The Bertz CT molecular complexity index is 942. The number of likely N-dealkylation sites (tertiary alicyclic amines) is 1. The third-order valence-corrected chi connectivity index (χ3v) is 5.21. The van der Waals surface area contributed by atoms with Gasteiger partial charge in [0.1, 0.15) is 11.4 Å². The number of aliphatic imine (C=N–C) groups is 1. The summed E-state index contributed by atoms with van der Waals surface area (Å²) >= 11 is 5.99. The Labute approximate surface area is 188 Å². The number of halogens is 1. The third kappa shape index (κ3) is 6.04. The van der Waals surface area contributed by atoms with E-state index in [-0.39, 0.29) is 12.1 Å². The van der Waals surface area contributed by atoms with Gasteiger partial charge in [-0.1, -0.05) is 23.7 Å². The zero-order chi connectivity index (χ0) is 22.6. The van der Waals surface area contributed by atoms with Crippen LogP contribution in [-0.4, -0.2) is 41.6 Å². The molecule has 0 saturated carbocycles. The normalized spacial score (nSPS) is 21.3. The summed E-state index contributed by atoms with van der Waals surface area (Å²) in [5, 5.41) is 3.70. The summed E-state index contributed by atoms with van der Waals surface area (Å²) in [6.07, 6.45) is 6.82. The molecule has 5 N–H and O–H groups in total. The number of ether oxygens (including phenoxy) is 1. The number of hydrogen-bond donors (Lipinski definition) is 3. The van der Waals surface area contributed by atoms with E-state index >= 15 is 0 Å². The molecule has 0 radical (unpaired) electrons. The van der Waals surface area contributed by atoms with Gasteiger partial charge in [0.2, 0.25) is 0 Å². The number of carbonyl (C=O) groups is 1. The second-order valence-corrected chi connectivity index (χ2v) is 9.07. The Morgan fingerprint density at radius 2 is 1.97 bits per heavy atom. The monoisotopic (exact) mass is 443 g/mol. The number of hydrogen-bond acceptors (Lipinski definition) is 5. The SMILES string of the molecule is CC(C)(C)OC(=O)N1CCCC(N=C(N)C2=CNC=C/C2=C(/N)c2ccc(Cl)cc2)C1. The van der Waals surface area contributed by atoms with Gasteiger partial charge in [-0.2, -0.15) is 0 Å². The fraction of sp³-hybridized carbons (Fsp3) is 0.391. The summed E-state index contributed by atoms with van der Waals surface area (Å²) < 4.78 is 5.50. The molecule has 2 aliphatic heterocycles. The zero-order valence-electron chi connectivity index (χ0n) is 18.2. The van der Waals surface area contributed by atoms with E-state index in [0.29, 0.717) is 35.2 Å². The van der Waals surface area contributed by atoms with Gasteiger partial charge in [0.15, 0.2) is 0 Å². The lowest BCUT2D eigenvalue weighted by Crippen LogP contribution is -2.44. The largest absolute Gasteiger partial charge is 0.444 e. The number of carbonyl (C=O) groups excluding carboxylic acids is 1. The smallest absolute Gasteiger partial charge is 0.410 e. The second kappa shape index (κ2) is 9.47. The highest BCUT2D eigenvalue weighted by Gasteiger charge is 2.28. The van der Waals surface area contributed by atoms with Crippen molar-refractivity contribution in [1.82, 2.24) is 10.2 Å². The molecule has 3 rings (SSSR count). The molecule has 0 aliphatic carbocycles. The predicted molar refractivity (Wildman–Crippen MR) is 125 cm³/mol. The fourth-order valence-corrected chi connectivity index (χ4v) is 3.61. The molecule has 166 valence electrons.